The third-order valence-electron chi connectivity index (χ3n) is 5.09. The Balaban J connectivity index is 1.65. The fourth-order valence-electron chi connectivity index (χ4n) is 3.23. The zero-order valence-electron chi connectivity index (χ0n) is 18.6. The Morgan fingerprint density at radius 2 is 1.76 bits per heavy atom. The van der Waals surface area contributed by atoms with Gasteiger partial charge in [-0.1, -0.05) is 23.0 Å². The third-order valence-corrected chi connectivity index (χ3v) is 6.04. The zero-order valence-corrected chi connectivity index (χ0v) is 19.4. The van der Waals surface area contributed by atoms with E-state index in [4.69, 9.17) is 14.0 Å². The molecule has 0 amide bonds. The fourth-order valence-corrected chi connectivity index (χ4v) is 4.36. The molecule has 0 fully saturated rings. The lowest BCUT2D eigenvalue weighted by Crippen LogP contribution is -2.09. The molecule has 7 nitrogen and oxygen atoms in total. The van der Waals surface area contributed by atoms with Crippen LogP contribution in [0.25, 0.3) is 5.69 Å². The predicted molar refractivity (Wildman–Crippen MR) is 119 cm³/mol. The molecule has 2 aromatic heterocycles. The molecule has 0 N–H and O–H groups in total. The van der Waals surface area contributed by atoms with Gasteiger partial charge in [-0.15, -0.1) is 10.2 Å². The minimum Gasteiger partial charge on any atom is -0.497 e. The molecule has 0 saturated heterocycles. The molecule has 0 bridgehead atoms. The van der Waals surface area contributed by atoms with Crippen LogP contribution in [0.3, 0.4) is 0 Å². The Labute approximate surface area is 197 Å². The summed E-state index contributed by atoms with van der Waals surface area (Å²) in [6, 6.07) is 12.0. The van der Waals surface area contributed by atoms with Crippen molar-refractivity contribution in [3.05, 3.63) is 76.9 Å². The Bertz CT molecular complexity index is 1250. The second kappa shape index (κ2) is 9.80. The normalized spacial score (nSPS) is 11.6. The second-order valence-corrected chi connectivity index (χ2v) is 8.28. The quantitative estimate of drug-likeness (QED) is 0.290. The van der Waals surface area contributed by atoms with Crippen molar-refractivity contribution in [1.82, 2.24) is 19.9 Å². The number of halogens is 3. The molecule has 0 unspecified atom stereocenters. The molecule has 2 aromatic carbocycles. The van der Waals surface area contributed by atoms with E-state index in [-0.39, 0.29) is 12.3 Å². The first-order chi connectivity index (χ1) is 16.3. The van der Waals surface area contributed by atoms with Crippen LogP contribution >= 0.6 is 11.8 Å². The number of benzene rings is 2. The van der Waals surface area contributed by atoms with Crippen molar-refractivity contribution < 1.29 is 27.2 Å². The first kappa shape index (κ1) is 23.7. The van der Waals surface area contributed by atoms with Gasteiger partial charge >= 0.3 is 6.18 Å². The molecule has 0 atom stereocenters. The number of hydrogen-bond acceptors (Lipinski definition) is 7. The Kier molecular flexibility index (Phi) is 6.82. The van der Waals surface area contributed by atoms with Gasteiger partial charge in [-0.25, -0.2) is 0 Å². The molecule has 0 saturated carbocycles. The average molecular weight is 491 g/mol. The number of aryl methyl sites for hydroxylation is 2. The van der Waals surface area contributed by atoms with Gasteiger partial charge in [0, 0.05) is 11.3 Å². The van der Waals surface area contributed by atoms with E-state index in [0.717, 1.165) is 23.4 Å². The molecular weight excluding hydrogens is 469 g/mol. The van der Waals surface area contributed by atoms with Crippen LogP contribution in [0, 0.1) is 13.8 Å². The van der Waals surface area contributed by atoms with Crippen molar-refractivity contribution in [3.8, 4) is 17.2 Å². The Morgan fingerprint density at radius 1 is 1.03 bits per heavy atom. The van der Waals surface area contributed by atoms with E-state index in [1.54, 1.807) is 42.0 Å². The van der Waals surface area contributed by atoms with Gasteiger partial charge in [0.1, 0.15) is 23.9 Å². The van der Waals surface area contributed by atoms with Crippen LogP contribution in [0.2, 0.25) is 0 Å². The van der Waals surface area contributed by atoms with E-state index in [1.165, 1.54) is 17.8 Å². The van der Waals surface area contributed by atoms with Crippen LogP contribution in [-0.2, 0) is 18.5 Å². The maximum absolute atomic E-state index is 13.4. The van der Waals surface area contributed by atoms with Crippen LogP contribution in [-0.4, -0.2) is 27.0 Å². The van der Waals surface area contributed by atoms with E-state index in [9.17, 15) is 13.2 Å². The SMILES string of the molecule is COc1ccc(OCc2nnc(SCc3c(C)noc3C)n2-c2cccc(C(F)(F)F)c2)cc1. The molecular formula is C23H21F3N4O3S. The van der Waals surface area contributed by atoms with Crippen molar-refractivity contribution in [2.24, 2.45) is 0 Å². The number of rotatable bonds is 8. The van der Waals surface area contributed by atoms with Gasteiger partial charge in [0.15, 0.2) is 11.0 Å². The number of nitrogens with zero attached hydrogens (tertiary/aromatic N) is 4. The number of thioether (sulfide) groups is 1. The van der Waals surface area contributed by atoms with E-state index in [1.807, 2.05) is 13.8 Å². The monoisotopic (exact) mass is 490 g/mol. The Hall–Kier alpha value is -3.47. The van der Waals surface area contributed by atoms with E-state index in [0.29, 0.717) is 34.0 Å². The molecule has 0 radical (unpaired) electrons. The highest BCUT2D eigenvalue weighted by molar-refractivity contribution is 7.98. The second-order valence-electron chi connectivity index (χ2n) is 7.34. The highest BCUT2D eigenvalue weighted by Gasteiger charge is 2.31. The maximum Gasteiger partial charge on any atom is 0.416 e. The van der Waals surface area contributed by atoms with Gasteiger partial charge < -0.3 is 14.0 Å². The first-order valence-electron chi connectivity index (χ1n) is 10.2. The summed E-state index contributed by atoms with van der Waals surface area (Å²) < 4.78 is 57.8. The molecule has 2 heterocycles. The largest absolute Gasteiger partial charge is 0.497 e. The van der Waals surface area contributed by atoms with Crippen molar-refractivity contribution >= 4 is 11.8 Å². The van der Waals surface area contributed by atoms with Crippen LogP contribution < -0.4 is 9.47 Å². The molecule has 0 spiro atoms. The number of alkyl halides is 3. The molecule has 0 aliphatic rings. The summed E-state index contributed by atoms with van der Waals surface area (Å²) in [6.45, 7) is 3.64. The van der Waals surface area contributed by atoms with E-state index >= 15 is 0 Å². The summed E-state index contributed by atoms with van der Waals surface area (Å²) in [5.74, 6) is 2.74. The molecule has 34 heavy (non-hydrogen) atoms. The number of ether oxygens (including phenoxy) is 2. The minimum atomic E-state index is -4.48. The van der Waals surface area contributed by atoms with Crippen molar-refractivity contribution in [2.45, 2.75) is 37.5 Å². The van der Waals surface area contributed by atoms with Crippen molar-refractivity contribution in [3.63, 3.8) is 0 Å². The van der Waals surface area contributed by atoms with E-state index < -0.39 is 11.7 Å². The van der Waals surface area contributed by atoms with Crippen LogP contribution in [0.15, 0.2) is 58.2 Å². The molecule has 4 aromatic rings. The van der Waals surface area contributed by atoms with Crippen molar-refractivity contribution in [2.75, 3.05) is 7.11 Å². The highest BCUT2D eigenvalue weighted by atomic mass is 32.2. The Morgan fingerprint density at radius 3 is 2.41 bits per heavy atom. The summed E-state index contributed by atoms with van der Waals surface area (Å²) in [7, 11) is 1.56. The van der Waals surface area contributed by atoms with Gasteiger partial charge in [0.25, 0.3) is 0 Å². The van der Waals surface area contributed by atoms with Gasteiger partial charge in [0.2, 0.25) is 0 Å². The highest BCUT2D eigenvalue weighted by Crippen LogP contribution is 2.33. The number of aromatic nitrogens is 4. The summed E-state index contributed by atoms with van der Waals surface area (Å²) in [6.07, 6.45) is -4.48. The van der Waals surface area contributed by atoms with Gasteiger partial charge in [0.05, 0.1) is 24.1 Å². The van der Waals surface area contributed by atoms with Gasteiger partial charge in [-0.3, -0.25) is 4.57 Å². The molecule has 0 aliphatic heterocycles. The first-order valence-corrected chi connectivity index (χ1v) is 11.2. The molecule has 0 aliphatic carbocycles. The van der Waals surface area contributed by atoms with Crippen LogP contribution in [0.4, 0.5) is 13.2 Å². The maximum atomic E-state index is 13.4. The number of hydrogen-bond donors (Lipinski definition) is 0. The summed E-state index contributed by atoms with van der Waals surface area (Å²) in [5, 5.41) is 12.8. The minimum absolute atomic E-state index is 0.00144. The predicted octanol–water partition coefficient (Wildman–Crippen LogP) is 5.77. The van der Waals surface area contributed by atoms with Crippen LogP contribution in [0.1, 0.15) is 28.4 Å². The lowest BCUT2D eigenvalue weighted by atomic mass is 10.2. The molecule has 178 valence electrons. The number of methoxy groups -OCH3 is 1. The van der Waals surface area contributed by atoms with Crippen molar-refractivity contribution in [1.29, 1.82) is 0 Å². The van der Waals surface area contributed by atoms with Gasteiger partial charge in [-0.2, -0.15) is 13.2 Å². The third kappa shape index (κ3) is 5.19. The topological polar surface area (TPSA) is 75.2 Å². The fraction of sp³-hybridized carbons (Fsp3) is 0.261. The van der Waals surface area contributed by atoms with E-state index in [2.05, 4.69) is 15.4 Å². The van der Waals surface area contributed by atoms with Crippen LogP contribution in [0.5, 0.6) is 11.5 Å². The summed E-state index contributed by atoms with van der Waals surface area (Å²) in [5.41, 5.74) is 1.18. The molecule has 4 rings (SSSR count). The van der Waals surface area contributed by atoms with Gasteiger partial charge in [-0.05, 0) is 56.3 Å². The summed E-state index contributed by atoms with van der Waals surface area (Å²) in [4.78, 5) is 0. The average Bonchev–Trinajstić information content (AvgIpc) is 3.38. The lowest BCUT2D eigenvalue weighted by Gasteiger charge is -2.13. The lowest BCUT2D eigenvalue weighted by molar-refractivity contribution is -0.137. The summed E-state index contributed by atoms with van der Waals surface area (Å²) >= 11 is 1.32. The molecule has 11 heteroatoms. The smallest absolute Gasteiger partial charge is 0.416 e. The standard InChI is InChI=1S/C23H21F3N4O3S/c1-14-20(15(2)33-29-14)13-34-22-28-27-21(12-32-19-9-7-18(31-3)8-10-19)30(22)17-6-4-5-16(11-17)23(24,25)26/h4-11H,12-13H2,1-3H3. The zero-order chi connectivity index (χ0) is 24.3.